The molecule has 2 fully saturated rings. The van der Waals surface area contributed by atoms with E-state index >= 15 is 0 Å². The zero-order valence-corrected chi connectivity index (χ0v) is 19.3. The van der Waals surface area contributed by atoms with Crippen LogP contribution < -0.4 is 4.74 Å². The molecule has 178 valence electrons. The van der Waals surface area contributed by atoms with Crippen molar-refractivity contribution in [3.63, 3.8) is 0 Å². The van der Waals surface area contributed by atoms with Gasteiger partial charge >= 0.3 is 5.97 Å². The van der Waals surface area contributed by atoms with Crippen molar-refractivity contribution in [1.29, 1.82) is 0 Å². The fourth-order valence-electron chi connectivity index (χ4n) is 5.82. The summed E-state index contributed by atoms with van der Waals surface area (Å²) < 4.78 is 46.4. The molecule has 2 aliphatic rings. The smallest absolute Gasteiger partial charge is 0.314 e. The monoisotopic (exact) mass is 458 g/mol. The Bertz CT molecular complexity index is 1000. The minimum atomic E-state index is -1.49. The third kappa shape index (κ3) is 5.62. The van der Waals surface area contributed by atoms with Crippen LogP contribution in [0.4, 0.5) is 13.2 Å². The Labute approximate surface area is 194 Å². The molecule has 0 bridgehead atoms. The van der Waals surface area contributed by atoms with Crippen LogP contribution in [0.2, 0.25) is 0 Å². The predicted octanol–water partition coefficient (Wildman–Crippen LogP) is 8.13. The molecule has 5 heteroatoms. The first kappa shape index (κ1) is 23.8. The highest BCUT2D eigenvalue weighted by Gasteiger charge is 2.33. The van der Waals surface area contributed by atoms with E-state index in [4.69, 9.17) is 4.74 Å². The summed E-state index contributed by atoms with van der Waals surface area (Å²) >= 11 is 0. The normalized spacial score (nSPS) is 26.1. The maximum absolute atomic E-state index is 13.9. The lowest BCUT2D eigenvalue weighted by atomic mass is 9.68. The van der Waals surface area contributed by atoms with Crippen molar-refractivity contribution in [2.75, 3.05) is 0 Å². The molecule has 2 saturated carbocycles. The zero-order valence-electron chi connectivity index (χ0n) is 19.3. The SMILES string of the molecule is C/C=C/CCC1CCC(C2CCC(C(=O)Oc3ccc4c(F)c(F)c(F)cc4c3)CC2)CC1. The molecular weight excluding hydrogens is 425 g/mol. The Morgan fingerprint density at radius 2 is 1.61 bits per heavy atom. The standard InChI is InChI=1S/C28H33F3O2/c1-2-3-4-5-18-6-8-19(9-7-18)20-10-12-21(13-11-20)28(32)33-23-14-15-24-22(16-23)17-25(29)27(31)26(24)30/h2-3,14-21H,4-13H2,1H3/b3-2+. The van der Waals surface area contributed by atoms with E-state index in [0.717, 1.165) is 43.6 Å². The molecule has 0 unspecified atom stereocenters. The number of ether oxygens (including phenoxy) is 1. The molecule has 2 nitrogen and oxygen atoms in total. The maximum Gasteiger partial charge on any atom is 0.314 e. The lowest BCUT2D eigenvalue weighted by molar-refractivity contribution is -0.140. The number of allylic oxidation sites excluding steroid dienone is 2. The van der Waals surface area contributed by atoms with E-state index in [2.05, 4.69) is 19.1 Å². The first-order valence-electron chi connectivity index (χ1n) is 12.4. The Morgan fingerprint density at radius 1 is 0.939 bits per heavy atom. The van der Waals surface area contributed by atoms with Gasteiger partial charge in [0.2, 0.25) is 0 Å². The third-order valence-corrected chi connectivity index (χ3v) is 7.80. The number of esters is 1. The number of hydrogen-bond acceptors (Lipinski definition) is 2. The van der Waals surface area contributed by atoms with Gasteiger partial charge in [-0.05, 0) is 106 Å². The van der Waals surface area contributed by atoms with Gasteiger partial charge in [-0.25, -0.2) is 13.2 Å². The molecule has 2 aromatic carbocycles. The summed E-state index contributed by atoms with van der Waals surface area (Å²) in [6.45, 7) is 2.08. The highest BCUT2D eigenvalue weighted by atomic mass is 19.2. The zero-order chi connectivity index (χ0) is 23.4. The summed E-state index contributed by atoms with van der Waals surface area (Å²) in [6, 6.07) is 5.06. The van der Waals surface area contributed by atoms with Crippen LogP contribution in [0, 0.1) is 41.1 Å². The number of benzene rings is 2. The maximum atomic E-state index is 13.9. The second-order valence-corrected chi connectivity index (χ2v) is 9.83. The third-order valence-electron chi connectivity index (χ3n) is 7.80. The van der Waals surface area contributed by atoms with Gasteiger partial charge in [-0.1, -0.05) is 25.0 Å². The first-order valence-corrected chi connectivity index (χ1v) is 12.4. The number of carbonyl (C=O) groups is 1. The summed E-state index contributed by atoms with van der Waals surface area (Å²) in [4.78, 5) is 12.7. The molecule has 0 saturated heterocycles. The first-order chi connectivity index (χ1) is 16.0. The summed E-state index contributed by atoms with van der Waals surface area (Å²) in [5, 5.41) is 0.132. The summed E-state index contributed by atoms with van der Waals surface area (Å²) in [6.07, 6.45) is 15.9. The number of hydrogen-bond donors (Lipinski definition) is 0. The van der Waals surface area contributed by atoms with E-state index in [1.54, 1.807) is 0 Å². The van der Waals surface area contributed by atoms with E-state index in [1.807, 2.05) is 0 Å². The number of fused-ring (bicyclic) bond motifs is 1. The molecule has 0 amide bonds. The molecule has 0 aromatic heterocycles. The molecular formula is C28H33F3O2. The Hall–Kier alpha value is -2.30. The largest absolute Gasteiger partial charge is 0.426 e. The van der Waals surface area contributed by atoms with E-state index in [1.165, 1.54) is 56.7 Å². The Kier molecular flexibility index (Phi) is 7.77. The van der Waals surface area contributed by atoms with Crippen molar-refractivity contribution in [3.05, 3.63) is 53.9 Å². The fraction of sp³-hybridized carbons (Fsp3) is 0.536. The van der Waals surface area contributed by atoms with Crippen LogP contribution >= 0.6 is 0 Å². The van der Waals surface area contributed by atoms with Gasteiger partial charge in [-0.15, -0.1) is 0 Å². The highest BCUT2D eigenvalue weighted by molar-refractivity contribution is 5.85. The highest BCUT2D eigenvalue weighted by Crippen LogP contribution is 2.42. The van der Waals surface area contributed by atoms with Crippen molar-refractivity contribution >= 4 is 16.7 Å². The van der Waals surface area contributed by atoms with Gasteiger partial charge in [0.15, 0.2) is 17.5 Å². The molecule has 2 aliphatic carbocycles. The number of halogens is 3. The van der Waals surface area contributed by atoms with Crippen LogP contribution in [0.1, 0.15) is 71.1 Å². The molecule has 0 atom stereocenters. The van der Waals surface area contributed by atoms with Gasteiger partial charge in [0.25, 0.3) is 0 Å². The minimum Gasteiger partial charge on any atom is -0.426 e. The molecule has 33 heavy (non-hydrogen) atoms. The summed E-state index contributed by atoms with van der Waals surface area (Å²) in [7, 11) is 0. The predicted molar refractivity (Wildman–Crippen MR) is 124 cm³/mol. The van der Waals surface area contributed by atoms with Gasteiger partial charge in [-0.3, -0.25) is 4.79 Å². The van der Waals surface area contributed by atoms with Crippen LogP contribution in [0.5, 0.6) is 5.75 Å². The average molecular weight is 459 g/mol. The van der Waals surface area contributed by atoms with Gasteiger partial charge in [0.05, 0.1) is 5.92 Å². The molecule has 0 radical (unpaired) electrons. The van der Waals surface area contributed by atoms with E-state index < -0.39 is 17.5 Å². The number of rotatable bonds is 6. The van der Waals surface area contributed by atoms with Crippen LogP contribution in [-0.4, -0.2) is 5.97 Å². The molecule has 0 N–H and O–H groups in total. The quantitative estimate of drug-likeness (QED) is 0.189. The summed E-state index contributed by atoms with van der Waals surface area (Å²) in [5.74, 6) is -1.83. The Morgan fingerprint density at radius 3 is 2.27 bits per heavy atom. The van der Waals surface area contributed by atoms with Crippen LogP contribution in [-0.2, 0) is 4.79 Å². The van der Waals surface area contributed by atoms with Crippen molar-refractivity contribution in [1.82, 2.24) is 0 Å². The van der Waals surface area contributed by atoms with Crippen molar-refractivity contribution in [3.8, 4) is 5.75 Å². The van der Waals surface area contributed by atoms with Gasteiger partial charge < -0.3 is 4.74 Å². The van der Waals surface area contributed by atoms with Crippen molar-refractivity contribution < 1.29 is 22.7 Å². The van der Waals surface area contributed by atoms with E-state index in [9.17, 15) is 18.0 Å². The minimum absolute atomic E-state index is 0.0363. The van der Waals surface area contributed by atoms with Crippen LogP contribution in [0.3, 0.4) is 0 Å². The van der Waals surface area contributed by atoms with Gasteiger partial charge in [0, 0.05) is 5.39 Å². The van der Waals surface area contributed by atoms with Crippen molar-refractivity contribution in [2.45, 2.75) is 71.1 Å². The molecule has 0 aliphatic heterocycles. The topological polar surface area (TPSA) is 26.3 Å². The second kappa shape index (κ2) is 10.8. The summed E-state index contributed by atoms with van der Waals surface area (Å²) in [5.41, 5.74) is 0. The molecule has 0 heterocycles. The van der Waals surface area contributed by atoms with Gasteiger partial charge in [0.1, 0.15) is 5.75 Å². The Balaban J connectivity index is 1.27. The second-order valence-electron chi connectivity index (χ2n) is 9.83. The average Bonchev–Trinajstić information content (AvgIpc) is 2.83. The lowest BCUT2D eigenvalue weighted by Gasteiger charge is -2.37. The fourth-order valence-corrected chi connectivity index (χ4v) is 5.82. The van der Waals surface area contributed by atoms with Gasteiger partial charge in [-0.2, -0.15) is 0 Å². The molecule has 4 rings (SSSR count). The lowest BCUT2D eigenvalue weighted by Crippen LogP contribution is -2.30. The van der Waals surface area contributed by atoms with E-state index in [-0.39, 0.29) is 28.4 Å². The van der Waals surface area contributed by atoms with Crippen molar-refractivity contribution in [2.24, 2.45) is 23.7 Å². The molecule has 2 aromatic rings. The van der Waals surface area contributed by atoms with E-state index in [0.29, 0.717) is 5.92 Å². The number of carbonyl (C=O) groups excluding carboxylic acids is 1. The van der Waals surface area contributed by atoms with Crippen LogP contribution in [0.25, 0.3) is 10.8 Å². The molecule has 0 spiro atoms. The van der Waals surface area contributed by atoms with Crippen LogP contribution in [0.15, 0.2) is 36.4 Å².